The predicted octanol–water partition coefficient (Wildman–Crippen LogP) is 5.15. The Kier molecular flexibility index (Phi) is 7.45. The van der Waals surface area contributed by atoms with Crippen molar-refractivity contribution >= 4 is 34.8 Å². The SMILES string of the molecule is CN(C)c1nc(N[C@H]2CC[C@@H](NC(=S)Nc3ccccc3C(F)(F)F)CC2)nc2c1CCCC2. The summed E-state index contributed by atoms with van der Waals surface area (Å²) in [7, 11) is 4.03. The number of benzene rings is 1. The van der Waals surface area contributed by atoms with Crippen LogP contribution < -0.4 is 20.9 Å². The molecule has 0 radical (unpaired) electrons. The summed E-state index contributed by atoms with van der Waals surface area (Å²) in [5.41, 5.74) is 1.65. The van der Waals surface area contributed by atoms with Gasteiger partial charge in [-0.2, -0.15) is 18.2 Å². The fourth-order valence-corrected chi connectivity index (χ4v) is 5.03. The van der Waals surface area contributed by atoms with Crippen LogP contribution >= 0.6 is 12.2 Å². The molecule has 0 aliphatic heterocycles. The Morgan fingerprint density at radius 2 is 1.68 bits per heavy atom. The normalized spacial score (nSPS) is 20.3. The van der Waals surface area contributed by atoms with Crippen LogP contribution in [0.4, 0.5) is 30.6 Å². The van der Waals surface area contributed by atoms with Crippen LogP contribution in [0.3, 0.4) is 0 Å². The van der Waals surface area contributed by atoms with E-state index in [0.29, 0.717) is 5.95 Å². The van der Waals surface area contributed by atoms with Crippen LogP contribution in [0.15, 0.2) is 24.3 Å². The van der Waals surface area contributed by atoms with E-state index in [9.17, 15) is 13.2 Å². The third kappa shape index (κ3) is 5.89. The summed E-state index contributed by atoms with van der Waals surface area (Å²) in [6.45, 7) is 0. The van der Waals surface area contributed by atoms with E-state index in [4.69, 9.17) is 22.2 Å². The number of fused-ring (bicyclic) bond motifs is 1. The molecular formula is C24H31F3N6S. The molecule has 1 saturated carbocycles. The highest BCUT2D eigenvalue weighted by Crippen LogP contribution is 2.34. The summed E-state index contributed by atoms with van der Waals surface area (Å²) in [6.07, 6.45) is 3.43. The highest BCUT2D eigenvalue weighted by atomic mass is 32.1. The molecule has 4 rings (SSSR count). The van der Waals surface area contributed by atoms with Crippen molar-refractivity contribution in [3.63, 3.8) is 0 Å². The zero-order chi connectivity index (χ0) is 24.3. The van der Waals surface area contributed by atoms with E-state index in [2.05, 4.69) is 20.9 Å². The topological polar surface area (TPSA) is 65.1 Å². The fraction of sp³-hybridized carbons (Fsp3) is 0.542. The molecule has 2 aliphatic rings. The molecule has 0 unspecified atom stereocenters. The van der Waals surface area contributed by atoms with Crippen LogP contribution in [0.1, 0.15) is 55.3 Å². The maximum absolute atomic E-state index is 13.2. The van der Waals surface area contributed by atoms with Crippen molar-refractivity contribution in [3.8, 4) is 0 Å². The lowest BCUT2D eigenvalue weighted by molar-refractivity contribution is -0.136. The molecule has 6 nitrogen and oxygen atoms in total. The number of hydrogen-bond donors (Lipinski definition) is 3. The number of anilines is 3. The number of nitrogens with one attached hydrogen (secondary N) is 3. The minimum atomic E-state index is -4.44. The minimum absolute atomic E-state index is 0.0379. The average Bonchev–Trinajstić information content (AvgIpc) is 2.79. The Hall–Kier alpha value is -2.62. The number of nitrogens with zero attached hydrogens (tertiary/aromatic N) is 3. The summed E-state index contributed by atoms with van der Waals surface area (Å²) in [5, 5.41) is 9.63. The Labute approximate surface area is 203 Å². The number of hydrogen-bond acceptors (Lipinski definition) is 5. The van der Waals surface area contributed by atoms with Gasteiger partial charge in [0.1, 0.15) is 5.82 Å². The first-order valence-electron chi connectivity index (χ1n) is 11.8. The van der Waals surface area contributed by atoms with Gasteiger partial charge in [0.25, 0.3) is 0 Å². The third-order valence-electron chi connectivity index (χ3n) is 6.46. The first-order valence-corrected chi connectivity index (χ1v) is 12.2. The largest absolute Gasteiger partial charge is 0.418 e. The summed E-state index contributed by atoms with van der Waals surface area (Å²) >= 11 is 5.30. The van der Waals surface area contributed by atoms with Gasteiger partial charge in [-0.15, -0.1) is 0 Å². The molecule has 0 amide bonds. The minimum Gasteiger partial charge on any atom is -0.362 e. The van der Waals surface area contributed by atoms with Crippen molar-refractivity contribution < 1.29 is 13.2 Å². The molecule has 1 aromatic heterocycles. The summed E-state index contributed by atoms with van der Waals surface area (Å²) in [4.78, 5) is 11.7. The van der Waals surface area contributed by atoms with Crippen LogP contribution in [0.25, 0.3) is 0 Å². The van der Waals surface area contributed by atoms with Crippen LogP contribution in [-0.4, -0.2) is 41.3 Å². The average molecular weight is 493 g/mol. The number of thiocarbonyl (C=S) groups is 1. The number of para-hydroxylation sites is 1. The van der Waals surface area contributed by atoms with Gasteiger partial charge in [0, 0.05) is 31.7 Å². The van der Waals surface area contributed by atoms with Crippen LogP contribution in [0.5, 0.6) is 0 Å². The number of aryl methyl sites for hydroxylation is 1. The summed E-state index contributed by atoms with van der Waals surface area (Å²) in [5.74, 6) is 1.68. The van der Waals surface area contributed by atoms with Crippen LogP contribution in [-0.2, 0) is 19.0 Å². The molecule has 0 spiro atoms. The molecule has 2 aliphatic carbocycles. The van der Waals surface area contributed by atoms with Crippen molar-refractivity contribution in [1.82, 2.24) is 15.3 Å². The van der Waals surface area contributed by atoms with Crippen molar-refractivity contribution in [2.75, 3.05) is 29.6 Å². The molecule has 1 aromatic carbocycles. The lowest BCUT2D eigenvalue weighted by atomic mass is 9.91. The molecule has 0 saturated heterocycles. The second-order valence-corrected chi connectivity index (χ2v) is 9.64. The zero-order valence-corrected chi connectivity index (χ0v) is 20.3. The zero-order valence-electron chi connectivity index (χ0n) is 19.5. The van der Waals surface area contributed by atoms with Gasteiger partial charge < -0.3 is 20.9 Å². The van der Waals surface area contributed by atoms with Crippen LogP contribution in [0.2, 0.25) is 0 Å². The van der Waals surface area contributed by atoms with Gasteiger partial charge in [0.2, 0.25) is 5.95 Å². The molecule has 1 heterocycles. The number of alkyl halides is 3. The maximum atomic E-state index is 13.2. The van der Waals surface area contributed by atoms with Crippen LogP contribution in [0, 0.1) is 0 Å². The maximum Gasteiger partial charge on any atom is 0.418 e. The lowest BCUT2D eigenvalue weighted by Gasteiger charge is -2.31. The van der Waals surface area contributed by atoms with Gasteiger partial charge >= 0.3 is 6.18 Å². The van der Waals surface area contributed by atoms with E-state index in [0.717, 1.165) is 62.5 Å². The molecular weight excluding hydrogens is 461 g/mol. The number of aromatic nitrogens is 2. The quantitative estimate of drug-likeness (QED) is 0.499. The van der Waals surface area contributed by atoms with Gasteiger partial charge in [0.15, 0.2) is 5.11 Å². The Morgan fingerprint density at radius 1 is 1.00 bits per heavy atom. The molecule has 1 fully saturated rings. The summed E-state index contributed by atoms with van der Waals surface area (Å²) < 4.78 is 39.7. The molecule has 0 atom stereocenters. The van der Waals surface area contributed by atoms with Gasteiger partial charge in [-0.1, -0.05) is 12.1 Å². The van der Waals surface area contributed by atoms with Gasteiger partial charge in [-0.25, -0.2) is 4.98 Å². The monoisotopic (exact) mass is 492 g/mol. The van der Waals surface area contributed by atoms with E-state index in [-0.39, 0.29) is 22.9 Å². The van der Waals surface area contributed by atoms with Crippen molar-refractivity contribution in [1.29, 1.82) is 0 Å². The Bertz CT molecular complexity index is 1020. The number of halogens is 3. The second-order valence-electron chi connectivity index (χ2n) is 9.23. The smallest absolute Gasteiger partial charge is 0.362 e. The molecule has 10 heteroatoms. The van der Waals surface area contributed by atoms with E-state index < -0.39 is 11.7 Å². The van der Waals surface area contributed by atoms with Crippen molar-refractivity contribution in [2.45, 2.75) is 69.6 Å². The molecule has 34 heavy (non-hydrogen) atoms. The van der Waals surface area contributed by atoms with Gasteiger partial charge in [-0.3, -0.25) is 0 Å². The van der Waals surface area contributed by atoms with Gasteiger partial charge in [0.05, 0.1) is 16.9 Å². The molecule has 0 bridgehead atoms. The summed E-state index contributed by atoms with van der Waals surface area (Å²) in [6, 6.07) is 5.72. The Balaban J connectivity index is 1.31. The Morgan fingerprint density at radius 3 is 2.38 bits per heavy atom. The molecule has 2 aromatic rings. The highest BCUT2D eigenvalue weighted by molar-refractivity contribution is 7.80. The lowest BCUT2D eigenvalue weighted by Crippen LogP contribution is -2.42. The standard InChI is InChI=1S/C24H31F3N6S/c1-33(2)21-17-7-3-5-9-19(17)30-22(32-21)28-15-11-13-16(14-12-15)29-23(34)31-20-10-6-4-8-18(20)24(25,26)27/h4,6,8,10,15-16H,3,5,7,9,11-14H2,1-2H3,(H,28,30,32)(H2,29,31,34)/t15-,16+. The molecule has 3 N–H and O–H groups in total. The number of rotatable bonds is 5. The molecule has 184 valence electrons. The van der Waals surface area contributed by atoms with Crippen molar-refractivity contribution in [2.24, 2.45) is 0 Å². The van der Waals surface area contributed by atoms with Crippen molar-refractivity contribution in [3.05, 3.63) is 41.1 Å². The van der Waals surface area contributed by atoms with E-state index in [1.807, 2.05) is 14.1 Å². The predicted molar refractivity (Wildman–Crippen MR) is 133 cm³/mol. The van der Waals surface area contributed by atoms with Gasteiger partial charge in [-0.05, 0) is 75.7 Å². The van der Waals surface area contributed by atoms with E-state index in [1.165, 1.54) is 24.1 Å². The third-order valence-corrected chi connectivity index (χ3v) is 6.68. The first kappa shape index (κ1) is 24.5. The fourth-order valence-electron chi connectivity index (χ4n) is 4.76. The van der Waals surface area contributed by atoms with E-state index in [1.54, 1.807) is 6.07 Å². The first-order chi connectivity index (χ1) is 16.2. The highest BCUT2D eigenvalue weighted by Gasteiger charge is 2.33. The van der Waals surface area contributed by atoms with E-state index >= 15 is 0 Å². The second kappa shape index (κ2) is 10.3.